The van der Waals surface area contributed by atoms with E-state index in [1.54, 1.807) is 0 Å². The Labute approximate surface area is 74.8 Å². The maximum atomic E-state index is 0. The Morgan fingerprint density at radius 3 is 0.400 bits per heavy atom. The zero-order valence-corrected chi connectivity index (χ0v) is 2.83. The molecule has 12 N–H and O–H groups in total. The van der Waals surface area contributed by atoms with Crippen molar-refractivity contribution in [1.29, 1.82) is 0 Å². The minimum absolute atomic E-state index is 0. The first kappa shape index (κ1) is 89.1. The van der Waals surface area contributed by atoms with E-state index >= 15 is 0 Å². The molecule has 0 rings (SSSR count). The Morgan fingerprint density at radius 1 is 0.400 bits per heavy atom. The summed E-state index contributed by atoms with van der Waals surface area (Å²) < 4.78 is 0. The monoisotopic (exact) mass is 108 g/mol. The average molecular weight is 108 g/mol. The fourth-order valence-electron chi connectivity index (χ4n) is 0. The molecule has 0 saturated carbocycles. The van der Waals surface area contributed by atoms with Crippen LogP contribution < -0.4 is 24.6 Å². The van der Waals surface area contributed by atoms with Crippen molar-refractivity contribution < 1.29 is 0 Å². The standard InChI is InChI=1S/K.4H3N.H/h;4*1H3;. The molecule has 5 heavy (non-hydrogen) atoms. The van der Waals surface area contributed by atoms with Gasteiger partial charge in [-0.1, -0.05) is 0 Å². The van der Waals surface area contributed by atoms with Crippen molar-refractivity contribution >= 4 is 51.4 Å². The summed E-state index contributed by atoms with van der Waals surface area (Å²) in [6.07, 6.45) is 0. The predicted octanol–water partition coefficient (Wildman–Crippen LogP) is -0.000500. The van der Waals surface area contributed by atoms with Crippen molar-refractivity contribution in [1.82, 2.24) is 24.6 Å². The molecule has 0 radical (unpaired) electrons. The van der Waals surface area contributed by atoms with Gasteiger partial charge in [0.05, 0.1) is 0 Å². The van der Waals surface area contributed by atoms with Crippen LogP contribution in [0.1, 0.15) is 0 Å². The van der Waals surface area contributed by atoms with E-state index in [1.807, 2.05) is 0 Å². The average Bonchev–Trinajstić information content (AvgIpc) is 0. The molecule has 0 unspecified atom stereocenters. The molecule has 0 bridgehead atoms. The van der Waals surface area contributed by atoms with Gasteiger partial charge < -0.3 is 24.6 Å². The van der Waals surface area contributed by atoms with Crippen LogP contribution in [0.3, 0.4) is 0 Å². The molecular formula is H13KN4. The summed E-state index contributed by atoms with van der Waals surface area (Å²) in [6, 6.07) is 0. The Bertz CT molecular complexity index is 3.61. The quantitative estimate of drug-likeness (QED) is 0.324. The topological polar surface area (TPSA) is 140 Å². The molecule has 0 aliphatic rings. The predicted molar refractivity (Wildman–Crippen MR) is 27.2 cm³/mol. The Morgan fingerprint density at radius 2 is 0.400 bits per heavy atom. The van der Waals surface area contributed by atoms with Crippen LogP contribution in [0.15, 0.2) is 0 Å². The third-order valence-electron chi connectivity index (χ3n) is 0. The van der Waals surface area contributed by atoms with Gasteiger partial charge in [-0.05, 0) is 0 Å². The Hall–Kier alpha value is 1.48. The molecule has 5 heteroatoms. The molecular weight excluding hydrogens is 95.1 g/mol. The van der Waals surface area contributed by atoms with Crippen molar-refractivity contribution in [3.63, 3.8) is 0 Å². The molecule has 34 valence electrons. The second kappa shape index (κ2) is 50.3. The Kier molecular flexibility index (Phi) is 897. The van der Waals surface area contributed by atoms with E-state index < -0.39 is 0 Å². The molecule has 4 nitrogen and oxygen atoms in total. The molecule has 0 heterocycles. The second-order valence-electron chi connectivity index (χ2n) is 0. The van der Waals surface area contributed by atoms with Crippen molar-refractivity contribution in [2.45, 2.75) is 0 Å². The van der Waals surface area contributed by atoms with Crippen LogP contribution in [0.25, 0.3) is 0 Å². The number of rotatable bonds is 0. The van der Waals surface area contributed by atoms with Gasteiger partial charge in [-0.15, -0.1) is 0 Å². The SMILES string of the molecule is N.N.N.N.[KH]. The van der Waals surface area contributed by atoms with Crippen molar-refractivity contribution in [3.05, 3.63) is 0 Å². The van der Waals surface area contributed by atoms with Crippen molar-refractivity contribution in [2.75, 3.05) is 0 Å². The van der Waals surface area contributed by atoms with E-state index in [0.29, 0.717) is 0 Å². The summed E-state index contributed by atoms with van der Waals surface area (Å²) in [5.74, 6) is 0. The van der Waals surface area contributed by atoms with E-state index in [4.69, 9.17) is 0 Å². The van der Waals surface area contributed by atoms with Crippen molar-refractivity contribution in [2.24, 2.45) is 0 Å². The van der Waals surface area contributed by atoms with Crippen LogP contribution in [0, 0.1) is 0 Å². The van der Waals surface area contributed by atoms with E-state index in [-0.39, 0.29) is 76.0 Å². The molecule has 0 saturated heterocycles. The molecule has 0 atom stereocenters. The first-order valence-corrected chi connectivity index (χ1v) is 0. The van der Waals surface area contributed by atoms with Crippen LogP contribution in [0.5, 0.6) is 0 Å². The van der Waals surface area contributed by atoms with E-state index in [1.165, 1.54) is 0 Å². The van der Waals surface area contributed by atoms with Gasteiger partial charge in [0, 0.05) is 0 Å². The molecule has 0 aliphatic heterocycles. The fourth-order valence-corrected chi connectivity index (χ4v) is 0. The van der Waals surface area contributed by atoms with Crippen LogP contribution in [-0.2, 0) is 0 Å². The summed E-state index contributed by atoms with van der Waals surface area (Å²) in [7, 11) is 0. The van der Waals surface area contributed by atoms with Crippen LogP contribution in [0.2, 0.25) is 0 Å². The third kappa shape index (κ3) is 30.4. The minimum atomic E-state index is 0. The van der Waals surface area contributed by atoms with Gasteiger partial charge in [-0.3, -0.25) is 0 Å². The number of hydrogen-bond donors (Lipinski definition) is 4. The summed E-state index contributed by atoms with van der Waals surface area (Å²) in [5, 5.41) is 0. The fraction of sp³-hybridized carbons (Fsp3) is 0. The van der Waals surface area contributed by atoms with Crippen molar-refractivity contribution in [3.8, 4) is 0 Å². The van der Waals surface area contributed by atoms with E-state index in [2.05, 4.69) is 0 Å². The van der Waals surface area contributed by atoms with Crippen LogP contribution >= 0.6 is 0 Å². The van der Waals surface area contributed by atoms with Crippen LogP contribution in [-0.4, -0.2) is 51.4 Å². The van der Waals surface area contributed by atoms with Gasteiger partial charge in [0.25, 0.3) is 0 Å². The van der Waals surface area contributed by atoms with Crippen LogP contribution in [0.4, 0.5) is 0 Å². The maximum absolute atomic E-state index is 0. The first-order chi connectivity index (χ1) is 0. The molecule has 0 aromatic rings. The summed E-state index contributed by atoms with van der Waals surface area (Å²) in [4.78, 5) is 0. The Balaban J connectivity index is 0. The molecule has 0 fully saturated rings. The van der Waals surface area contributed by atoms with Gasteiger partial charge >= 0.3 is 51.4 Å². The summed E-state index contributed by atoms with van der Waals surface area (Å²) in [5.41, 5.74) is 0. The van der Waals surface area contributed by atoms with Gasteiger partial charge in [0.15, 0.2) is 0 Å². The normalized spacial score (nSPS) is 0. The molecule has 0 amide bonds. The second-order valence-corrected chi connectivity index (χ2v) is 0. The molecule has 0 spiro atoms. The van der Waals surface area contributed by atoms with E-state index in [9.17, 15) is 0 Å². The molecule has 0 aromatic heterocycles. The van der Waals surface area contributed by atoms with Gasteiger partial charge in [0.2, 0.25) is 0 Å². The summed E-state index contributed by atoms with van der Waals surface area (Å²) >= 11 is 0. The number of hydrogen-bond acceptors (Lipinski definition) is 4. The molecule has 0 aromatic carbocycles. The van der Waals surface area contributed by atoms with Gasteiger partial charge in [0.1, 0.15) is 0 Å². The van der Waals surface area contributed by atoms with Gasteiger partial charge in [-0.2, -0.15) is 0 Å². The van der Waals surface area contributed by atoms with E-state index in [0.717, 1.165) is 0 Å². The zero-order chi connectivity index (χ0) is 0. The third-order valence-corrected chi connectivity index (χ3v) is 0. The molecule has 0 aliphatic carbocycles. The summed E-state index contributed by atoms with van der Waals surface area (Å²) in [6.45, 7) is 0. The zero-order valence-electron chi connectivity index (χ0n) is 2.83. The van der Waals surface area contributed by atoms with Gasteiger partial charge in [-0.25, -0.2) is 0 Å². The first-order valence-electron chi connectivity index (χ1n) is 0.